The molecule has 2 aliphatic heterocycles. The van der Waals surface area contributed by atoms with E-state index >= 15 is 0 Å². The third-order valence-corrected chi connectivity index (χ3v) is 6.96. The summed E-state index contributed by atoms with van der Waals surface area (Å²) >= 11 is 0. The molecule has 192 valence electrons. The topological polar surface area (TPSA) is 45.3 Å². The minimum absolute atomic E-state index is 0.0250. The van der Waals surface area contributed by atoms with Crippen LogP contribution in [0.15, 0.2) is 55.6 Å². The van der Waals surface area contributed by atoms with Gasteiger partial charge in [-0.3, -0.25) is 9.69 Å². The second-order valence-corrected chi connectivity index (χ2v) is 10.1. The molecule has 36 heavy (non-hydrogen) atoms. The number of fused-ring (bicyclic) bond motifs is 1. The Bertz CT molecular complexity index is 1100. The SMILES string of the molecule is C=CCOc1cc(OCC=C)c(C(C)C)cc1C(=O)N1Cc2ccc(CN3CCN(C)CC3)cc2C1. The molecule has 0 aliphatic carbocycles. The van der Waals surface area contributed by atoms with Crippen LogP contribution >= 0.6 is 0 Å². The lowest BCUT2D eigenvalue weighted by Crippen LogP contribution is -2.43. The van der Waals surface area contributed by atoms with Gasteiger partial charge in [0, 0.05) is 51.9 Å². The first-order valence-corrected chi connectivity index (χ1v) is 12.9. The molecule has 0 unspecified atom stereocenters. The monoisotopic (exact) mass is 489 g/mol. The second kappa shape index (κ2) is 11.8. The molecule has 0 saturated carbocycles. The van der Waals surface area contributed by atoms with Crippen LogP contribution in [-0.4, -0.2) is 67.0 Å². The van der Waals surface area contributed by atoms with E-state index in [2.05, 4.69) is 62.1 Å². The van der Waals surface area contributed by atoms with Gasteiger partial charge in [-0.05, 0) is 41.3 Å². The van der Waals surface area contributed by atoms with Crippen LogP contribution in [0.3, 0.4) is 0 Å². The molecule has 0 radical (unpaired) electrons. The molecule has 1 fully saturated rings. The third-order valence-electron chi connectivity index (χ3n) is 6.96. The van der Waals surface area contributed by atoms with Crippen molar-refractivity contribution in [1.82, 2.24) is 14.7 Å². The summed E-state index contributed by atoms with van der Waals surface area (Å²) in [4.78, 5) is 20.6. The number of hydrogen-bond acceptors (Lipinski definition) is 5. The Balaban J connectivity index is 1.54. The van der Waals surface area contributed by atoms with Crippen LogP contribution in [0.1, 0.15) is 52.4 Å². The number of rotatable bonds is 10. The normalized spacial score (nSPS) is 16.2. The molecule has 0 spiro atoms. The van der Waals surface area contributed by atoms with Crippen molar-refractivity contribution in [3.05, 3.63) is 83.5 Å². The fourth-order valence-electron chi connectivity index (χ4n) is 4.86. The van der Waals surface area contributed by atoms with Gasteiger partial charge >= 0.3 is 0 Å². The van der Waals surface area contributed by atoms with E-state index in [0.29, 0.717) is 37.6 Å². The molecule has 1 saturated heterocycles. The zero-order chi connectivity index (χ0) is 25.7. The molecule has 2 aliphatic rings. The van der Waals surface area contributed by atoms with Crippen molar-refractivity contribution < 1.29 is 14.3 Å². The van der Waals surface area contributed by atoms with Gasteiger partial charge in [0.25, 0.3) is 5.91 Å². The number of amides is 1. The van der Waals surface area contributed by atoms with Crippen molar-refractivity contribution >= 4 is 5.91 Å². The second-order valence-electron chi connectivity index (χ2n) is 10.1. The van der Waals surface area contributed by atoms with Crippen LogP contribution in [0.2, 0.25) is 0 Å². The molecule has 0 aromatic heterocycles. The number of hydrogen-bond donors (Lipinski definition) is 0. The van der Waals surface area contributed by atoms with E-state index in [1.54, 1.807) is 12.2 Å². The van der Waals surface area contributed by atoms with Crippen molar-refractivity contribution in [3.8, 4) is 11.5 Å². The van der Waals surface area contributed by atoms with Gasteiger partial charge in [-0.2, -0.15) is 0 Å². The Morgan fingerprint density at radius 3 is 2.28 bits per heavy atom. The van der Waals surface area contributed by atoms with Gasteiger partial charge in [-0.25, -0.2) is 0 Å². The van der Waals surface area contributed by atoms with Gasteiger partial charge < -0.3 is 19.3 Å². The van der Waals surface area contributed by atoms with E-state index in [4.69, 9.17) is 9.47 Å². The highest BCUT2D eigenvalue weighted by Gasteiger charge is 2.28. The van der Waals surface area contributed by atoms with Crippen LogP contribution in [0.4, 0.5) is 0 Å². The fourth-order valence-corrected chi connectivity index (χ4v) is 4.86. The zero-order valence-corrected chi connectivity index (χ0v) is 22.0. The maximum absolute atomic E-state index is 13.8. The summed E-state index contributed by atoms with van der Waals surface area (Å²) in [6.07, 6.45) is 3.40. The molecule has 1 amide bonds. The Kier molecular flexibility index (Phi) is 8.49. The van der Waals surface area contributed by atoms with Gasteiger partial charge in [-0.1, -0.05) is 57.4 Å². The summed E-state index contributed by atoms with van der Waals surface area (Å²) in [6.45, 7) is 19.0. The number of carbonyl (C=O) groups excluding carboxylic acids is 1. The van der Waals surface area contributed by atoms with E-state index < -0.39 is 0 Å². The fraction of sp³-hybridized carbons (Fsp3) is 0.433. The van der Waals surface area contributed by atoms with Gasteiger partial charge in [0.1, 0.15) is 24.7 Å². The smallest absolute Gasteiger partial charge is 0.258 e. The standard InChI is InChI=1S/C30H39N3O3/c1-6-14-35-28-18-29(36-15-7-2)27(17-26(28)22(3)4)30(34)33-20-24-9-8-23(16-25(24)21-33)19-32-12-10-31(5)11-13-32/h6-9,16-18,22H,1-2,10-15,19-21H2,3-5H3. The molecule has 2 heterocycles. The molecule has 0 bridgehead atoms. The molecule has 4 rings (SSSR count). The highest BCUT2D eigenvalue weighted by molar-refractivity contribution is 5.98. The number of carbonyl (C=O) groups is 1. The Labute approximate surface area is 215 Å². The van der Waals surface area contributed by atoms with Crippen molar-refractivity contribution in [3.63, 3.8) is 0 Å². The molecule has 2 aromatic carbocycles. The van der Waals surface area contributed by atoms with Crippen molar-refractivity contribution in [1.29, 1.82) is 0 Å². The summed E-state index contributed by atoms with van der Waals surface area (Å²) in [7, 11) is 2.18. The predicted molar refractivity (Wildman–Crippen MR) is 145 cm³/mol. The van der Waals surface area contributed by atoms with Crippen molar-refractivity contribution in [2.75, 3.05) is 46.4 Å². The molecule has 0 N–H and O–H groups in total. The van der Waals surface area contributed by atoms with Crippen molar-refractivity contribution in [2.24, 2.45) is 0 Å². The average molecular weight is 490 g/mol. The first kappa shape index (κ1) is 26.0. The first-order valence-electron chi connectivity index (χ1n) is 12.9. The van der Waals surface area contributed by atoms with Crippen LogP contribution in [0.5, 0.6) is 11.5 Å². The van der Waals surface area contributed by atoms with E-state index in [1.165, 1.54) is 16.7 Å². The zero-order valence-electron chi connectivity index (χ0n) is 22.0. The lowest BCUT2D eigenvalue weighted by atomic mass is 9.98. The molecular formula is C30H39N3O3. The maximum atomic E-state index is 13.8. The molecule has 2 aromatic rings. The van der Waals surface area contributed by atoms with Crippen LogP contribution in [0, 0.1) is 0 Å². The van der Waals surface area contributed by atoms with E-state index in [-0.39, 0.29) is 11.8 Å². The van der Waals surface area contributed by atoms with Gasteiger partial charge in [0.15, 0.2) is 0 Å². The third kappa shape index (κ3) is 6.00. The number of likely N-dealkylation sites (N-methyl/N-ethyl adjacent to an activating group) is 1. The Hall–Kier alpha value is -3.09. The van der Waals surface area contributed by atoms with E-state index in [0.717, 1.165) is 44.0 Å². The lowest BCUT2D eigenvalue weighted by molar-refractivity contribution is 0.0747. The molecule has 6 nitrogen and oxygen atoms in total. The number of nitrogens with zero attached hydrogens (tertiary/aromatic N) is 3. The number of benzene rings is 2. The van der Waals surface area contributed by atoms with Gasteiger partial charge in [0.2, 0.25) is 0 Å². The average Bonchev–Trinajstić information content (AvgIpc) is 3.30. The summed E-state index contributed by atoms with van der Waals surface area (Å²) in [6, 6.07) is 10.5. The van der Waals surface area contributed by atoms with E-state index in [1.807, 2.05) is 17.0 Å². The van der Waals surface area contributed by atoms with Crippen LogP contribution < -0.4 is 9.47 Å². The first-order chi connectivity index (χ1) is 17.4. The predicted octanol–water partition coefficient (Wildman–Crippen LogP) is 4.84. The Morgan fingerprint density at radius 2 is 1.61 bits per heavy atom. The Morgan fingerprint density at radius 1 is 0.944 bits per heavy atom. The largest absolute Gasteiger partial charge is 0.489 e. The molecular weight excluding hydrogens is 450 g/mol. The van der Waals surface area contributed by atoms with E-state index in [9.17, 15) is 4.79 Å². The van der Waals surface area contributed by atoms with Gasteiger partial charge in [-0.15, -0.1) is 0 Å². The summed E-state index contributed by atoms with van der Waals surface area (Å²) in [5.41, 5.74) is 5.32. The lowest BCUT2D eigenvalue weighted by Gasteiger charge is -2.32. The maximum Gasteiger partial charge on any atom is 0.258 e. The quantitative estimate of drug-likeness (QED) is 0.447. The summed E-state index contributed by atoms with van der Waals surface area (Å²) < 4.78 is 11.8. The summed E-state index contributed by atoms with van der Waals surface area (Å²) in [5.74, 6) is 1.41. The van der Waals surface area contributed by atoms with Crippen LogP contribution in [-0.2, 0) is 19.6 Å². The number of ether oxygens (including phenoxy) is 2. The van der Waals surface area contributed by atoms with Crippen molar-refractivity contribution in [2.45, 2.75) is 39.4 Å². The highest BCUT2D eigenvalue weighted by Crippen LogP contribution is 2.36. The van der Waals surface area contributed by atoms with Crippen LogP contribution in [0.25, 0.3) is 0 Å². The molecule has 0 atom stereocenters. The minimum atomic E-state index is -0.0250. The number of piperazine rings is 1. The summed E-state index contributed by atoms with van der Waals surface area (Å²) in [5, 5.41) is 0. The highest BCUT2D eigenvalue weighted by atomic mass is 16.5. The van der Waals surface area contributed by atoms with Gasteiger partial charge in [0.05, 0.1) is 5.56 Å². The molecule has 6 heteroatoms. The minimum Gasteiger partial charge on any atom is -0.489 e.